The largest absolute Gasteiger partial charge is 0.614 e. The summed E-state index contributed by atoms with van der Waals surface area (Å²) >= 11 is -1.40. The first-order chi connectivity index (χ1) is 11.5. The minimum atomic E-state index is -1.40. The lowest BCUT2D eigenvalue weighted by atomic mass is 10.0. The Morgan fingerprint density at radius 2 is 2.00 bits per heavy atom. The molecule has 0 radical (unpaired) electrons. The first-order valence-corrected chi connectivity index (χ1v) is 8.68. The second-order valence-electron chi connectivity index (χ2n) is 5.56. The third kappa shape index (κ3) is 2.57. The molecule has 1 fully saturated rings. The Bertz CT molecular complexity index is 733. The number of esters is 1. The third-order valence-electron chi connectivity index (χ3n) is 4.02. The fourth-order valence-corrected chi connectivity index (χ4v) is 4.53. The number of methoxy groups -OCH3 is 1. The van der Waals surface area contributed by atoms with Gasteiger partial charge < -0.3 is 14.6 Å². The van der Waals surface area contributed by atoms with E-state index in [1.165, 1.54) is 12.0 Å². The zero-order chi connectivity index (χ0) is 17.4. The Morgan fingerprint density at radius 1 is 1.33 bits per heavy atom. The van der Waals surface area contributed by atoms with Crippen molar-refractivity contribution in [2.45, 2.75) is 18.3 Å². The first kappa shape index (κ1) is 16.5. The lowest BCUT2D eigenvalue weighted by Crippen LogP contribution is -2.74. The molecule has 0 bridgehead atoms. The Labute approximate surface area is 141 Å². The molecule has 2 amide bonds. The van der Waals surface area contributed by atoms with Crippen molar-refractivity contribution in [1.82, 2.24) is 10.2 Å². The van der Waals surface area contributed by atoms with Crippen LogP contribution in [0.2, 0.25) is 0 Å². The summed E-state index contributed by atoms with van der Waals surface area (Å²) < 4.78 is 17.1. The molecule has 0 aliphatic carbocycles. The Hall–Kier alpha value is -2.32. The van der Waals surface area contributed by atoms with Gasteiger partial charge in [0.05, 0.1) is 7.11 Å². The molecule has 1 aromatic rings. The number of fused-ring (bicyclic) bond motifs is 1. The number of benzene rings is 1. The molecule has 24 heavy (non-hydrogen) atoms. The number of rotatable bonds is 3. The van der Waals surface area contributed by atoms with Crippen molar-refractivity contribution in [3.63, 3.8) is 0 Å². The maximum absolute atomic E-state index is 12.4. The average Bonchev–Trinajstić information content (AvgIpc) is 2.59. The van der Waals surface area contributed by atoms with Gasteiger partial charge in [-0.2, -0.15) is 0 Å². The molecular formula is C16H16N2O5S. The number of β-lactam (4-membered cyclic amide) rings is 1. The molecule has 2 heterocycles. The van der Waals surface area contributed by atoms with Gasteiger partial charge in [-0.25, -0.2) is 4.79 Å². The minimum Gasteiger partial charge on any atom is -0.614 e. The minimum absolute atomic E-state index is 0.123. The van der Waals surface area contributed by atoms with E-state index in [1.54, 1.807) is 37.3 Å². The Kier molecular flexibility index (Phi) is 4.33. The van der Waals surface area contributed by atoms with E-state index in [0.29, 0.717) is 11.1 Å². The van der Waals surface area contributed by atoms with Crippen LogP contribution in [-0.2, 0) is 25.5 Å². The van der Waals surface area contributed by atoms with E-state index in [1.807, 2.05) is 0 Å². The highest BCUT2D eigenvalue weighted by atomic mass is 32.2. The highest BCUT2D eigenvalue weighted by molar-refractivity contribution is 7.92. The van der Waals surface area contributed by atoms with Crippen LogP contribution in [0.1, 0.15) is 17.3 Å². The van der Waals surface area contributed by atoms with Crippen LogP contribution in [0.5, 0.6) is 0 Å². The molecule has 0 spiro atoms. The molecule has 2 aliphatic heterocycles. The van der Waals surface area contributed by atoms with E-state index in [4.69, 9.17) is 4.74 Å². The average molecular weight is 348 g/mol. The van der Waals surface area contributed by atoms with Crippen molar-refractivity contribution >= 4 is 29.0 Å². The van der Waals surface area contributed by atoms with Crippen LogP contribution in [0.4, 0.5) is 0 Å². The number of nitrogens with zero attached hydrogens (tertiary/aromatic N) is 1. The number of ether oxygens (including phenoxy) is 1. The quantitative estimate of drug-likeness (QED) is 0.477. The van der Waals surface area contributed by atoms with Crippen LogP contribution in [0.15, 0.2) is 41.6 Å². The number of hydrogen-bond acceptors (Lipinski definition) is 5. The predicted octanol–water partition coefficient (Wildman–Crippen LogP) is 0.163. The fourth-order valence-electron chi connectivity index (χ4n) is 2.86. The number of carbonyl (C=O) groups is 3. The molecule has 1 aromatic carbocycles. The van der Waals surface area contributed by atoms with Gasteiger partial charge in [-0.15, -0.1) is 0 Å². The molecule has 1 N–H and O–H groups in total. The Morgan fingerprint density at radius 3 is 2.62 bits per heavy atom. The normalized spacial score (nSPS) is 25.7. The molecule has 2 unspecified atom stereocenters. The molecule has 8 heteroatoms. The summed E-state index contributed by atoms with van der Waals surface area (Å²) in [6, 6.07) is 7.54. The van der Waals surface area contributed by atoms with Gasteiger partial charge in [0.2, 0.25) is 5.37 Å². The van der Waals surface area contributed by atoms with Gasteiger partial charge in [0.1, 0.15) is 11.4 Å². The summed E-state index contributed by atoms with van der Waals surface area (Å²) in [6.07, 6.45) is 0. The van der Waals surface area contributed by atoms with E-state index < -0.39 is 40.4 Å². The van der Waals surface area contributed by atoms with Crippen molar-refractivity contribution in [2.75, 3.05) is 12.9 Å². The molecule has 3 atom stereocenters. The zero-order valence-electron chi connectivity index (χ0n) is 13.1. The van der Waals surface area contributed by atoms with Crippen molar-refractivity contribution in [1.29, 1.82) is 0 Å². The second-order valence-corrected chi connectivity index (χ2v) is 7.09. The number of hydrogen-bond donors (Lipinski definition) is 1. The molecule has 1 saturated heterocycles. The van der Waals surface area contributed by atoms with Gasteiger partial charge in [-0.1, -0.05) is 18.2 Å². The van der Waals surface area contributed by atoms with E-state index in [2.05, 4.69) is 5.32 Å². The smallest absolute Gasteiger partial charge is 0.355 e. The van der Waals surface area contributed by atoms with E-state index >= 15 is 0 Å². The van der Waals surface area contributed by atoms with E-state index in [0.717, 1.165) is 0 Å². The summed E-state index contributed by atoms with van der Waals surface area (Å²) in [5, 5.41) is 1.86. The van der Waals surface area contributed by atoms with Crippen LogP contribution < -0.4 is 5.32 Å². The first-order valence-electron chi connectivity index (χ1n) is 7.30. The molecule has 2 aliphatic rings. The summed E-state index contributed by atoms with van der Waals surface area (Å²) in [7, 11) is 1.22. The van der Waals surface area contributed by atoms with Gasteiger partial charge in [-0.05, 0) is 30.2 Å². The highest BCUT2D eigenvalue weighted by Gasteiger charge is 2.60. The van der Waals surface area contributed by atoms with Gasteiger partial charge in [0.25, 0.3) is 11.8 Å². The zero-order valence-corrected chi connectivity index (χ0v) is 14.0. The Balaban J connectivity index is 1.82. The van der Waals surface area contributed by atoms with Crippen LogP contribution in [0, 0.1) is 0 Å². The van der Waals surface area contributed by atoms with Crippen molar-refractivity contribution in [3.8, 4) is 0 Å². The van der Waals surface area contributed by atoms with Gasteiger partial charge in [0, 0.05) is 11.1 Å². The van der Waals surface area contributed by atoms with Crippen LogP contribution in [0.3, 0.4) is 0 Å². The van der Waals surface area contributed by atoms with Crippen LogP contribution in [0.25, 0.3) is 0 Å². The third-order valence-corrected chi connectivity index (χ3v) is 5.76. The lowest BCUT2D eigenvalue weighted by Gasteiger charge is -2.48. The maximum atomic E-state index is 12.4. The van der Waals surface area contributed by atoms with Crippen LogP contribution in [-0.4, -0.2) is 51.5 Å². The van der Waals surface area contributed by atoms with Crippen molar-refractivity contribution < 1.29 is 23.7 Å². The maximum Gasteiger partial charge on any atom is 0.355 e. The topological polar surface area (TPSA) is 98.8 Å². The fraction of sp³-hybridized carbons (Fsp3) is 0.312. The van der Waals surface area contributed by atoms with E-state index in [-0.39, 0.29) is 11.4 Å². The summed E-state index contributed by atoms with van der Waals surface area (Å²) in [5.74, 6) is -1.36. The lowest BCUT2D eigenvalue weighted by molar-refractivity contribution is -0.150. The molecule has 7 nitrogen and oxygen atoms in total. The number of amides is 2. The van der Waals surface area contributed by atoms with E-state index in [9.17, 15) is 18.9 Å². The van der Waals surface area contributed by atoms with Crippen molar-refractivity contribution in [3.05, 3.63) is 47.2 Å². The molecule has 3 rings (SSSR count). The second kappa shape index (κ2) is 6.29. The summed E-state index contributed by atoms with van der Waals surface area (Å²) in [6.45, 7) is 1.64. The molecule has 0 aromatic heterocycles. The SMILES string of the molecule is COC(=O)C1=C(C)C[S+]([O-])[C@@H]2C(NC(=O)c3ccccc3)C(=O)N12. The van der Waals surface area contributed by atoms with Crippen molar-refractivity contribution in [2.24, 2.45) is 0 Å². The summed E-state index contributed by atoms with van der Waals surface area (Å²) in [5.41, 5.74) is 1.07. The van der Waals surface area contributed by atoms with Crippen LogP contribution >= 0.6 is 0 Å². The number of carbonyl (C=O) groups excluding carboxylic acids is 3. The monoisotopic (exact) mass is 348 g/mol. The van der Waals surface area contributed by atoms with Gasteiger partial charge in [0.15, 0.2) is 6.04 Å². The summed E-state index contributed by atoms with van der Waals surface area (Å²) in [4.78, 5) is 37.7. The highest BCUT2D eigenvalue weighted by Crippen LogP contribution is 2.36. The van der Waals surface area contributed by atoms with Gasteiger partial charge in [-0.3, -0.25) is 14.5 Å². The van der Waals surface area contributed by atoms with Gasteiger partial charge >= 0.3 is 5.97 Å². The molecule has 0 saturated carbocycles. The standard InChI is InChI=1S/C16H16N2O5S/c1-9-8-24(22)15-11(14(20)18(15)12(9)16(21)23-2)17-13(19)10-6-4-3-5-7-10/h3-7,11,15H,8H2,1-2H3,(H,17,19)/t11?,15-,24?/m1/s1. The molecule has 126 valence electrons. The number of nitrogens with one attached hydrogen (secondary N) is 1. The molecular weight excluding hydrogens is 332 g/mol. The predicted molar refractivity (Wildman–Crippen MR) is 86.1 cm³/mol.